The van der Waals surface area contributed by atoms with E-state index in [1.807, 2.05) is 42.5 Å². The smallest absolute Gasteiger partial charge is 0.264 e. The van der Waals surface area contributed by atoms with Gasteiger partial charge in [-0.25, -0.2) is 8.42 Å². The maximum absolute atomic E-state index is 13.3. The van der Waals surface area contributed by atoms with Gasteiger partial charge in [-0.05, 0) is 58.8 Å². The summed E-state index contributed by atoms with van der Waals surface area (Å²) in [4.78, 5) is 12.8. The Hall–Kier alpha value is -3.35. The van der Waals surface area contributed by atoms with Gasteiger partial charge in [-0.2, -0.15) is 0 Å². The lowest BCUT2D eigenvalue weighted by Crippen LogP contribution is -2.40. The monoisotopic (exact) mass is 464 g/mol. The van der Waals surface area contributed by atoms with E-state index in [9.17, 15) is 13.2 Å². The molecule has 5 nitrogen and oxygen atoms in total. The number of hydrogen-bond donors (Lipinski definition) is 1. The van der Waals surface area contributed by atoms with Crippen LogP contribution in [0, 0.1) is 0 Å². The number of carbonyl (C=O) groups excluding carboxylic acids is 1. The zero-order valence-corrected chi connectivity index (χ0v) is 18.7. The predicted molar refractivity (Wildman–Crippen MR) is 128 cm³/mol. The fourth-order valence-corrected chi connectivity index (χ4v) is 4.93. The highest BCUT2D eigenvalue weighted by molar-refractivity contribution is 7.92. The molecule has 4 rings (SSSR count). The highest BCUT2D eigenvalue weighted by Crippen LogP contribution is 2.24. The average Bonchev–Trinajstić information content (AvgIpc) is 2.82. The first kappa shape index (κ1) is 21.9. The summed E-state index contributed by atoms with van der Waals surface area (Å²) in [5, 5.41) is 5.46. The van der Waals surface area contributed by atoms with Gasteiger partial charge < -0.3 is 5.32 Å². The van der Waals surface area contributed by atoms with Gasteiger partial charge in [0.2, 0.25) is 5.91 Å². The number of nitrogens with zero attached hydrogens (tertiary/aromatic N) is 1. The van der Waals surface area contributed by atoms with Crippen LogP contribution in [0.2, 0.25) is 5.02 Å². The SMILES string of the molecule is O=C(CN(c1ccccc1)S(=O)(=O)c1ccc(Cl)cc1)NCc1ccc2ccccc2c1. The van der Waals surface area contributed by atoms with Gasteiger partial charge in [0.15, 0.2) is 0 Å². The maximum atomic E-state index is 13.3. The number of fused-ring (bicyclic) bond motifs is 1. The fourth-order valence-electron chi connectivity index (χ4n) is 3.38. The number of benzene rings is 4. The first-order valence-corrected chi connectivity index (χ1v) is 11.8. The second-order valence-electron chi connectivity index (χ2n) is 7.26. The van der Waals surface area contributed by atoms with Gasteiger partial charge >= 0.3 is 0 Å². The van der Waals surface area contributed by atoms with Crippen LogP contribution < -0.4 is 9.62 Å². The number of rotatable bonds is 7. The number of carbonyl (C=O) groups is 1. The Morgan fingerprint density at radius 2 is 1.47 bits per heavy atom. The zero-order chi connectivity index (χ0) is 22.6. The van der Waals surface area contributed by atoms with Crippen molar-refractivity contribution in [2.24, 2.45) is 0 Å². The quantitative estimate of drug-likeness (QED) is 0.418. The Labute approximate surface area is 192 Å². The second-order valence-corrected chi connectivity index (χ2v) is 9.56. The Morgan fingerprint density at radius 3 is 2.19 bits per heavy atom. The molecule has 0 aromatic heterocycles. The summed E-state index contributed by atoms with van der Waals surface area (Å²) >= 11 is 5.91. The van der Waals surface area contributed by atoms with Gasteiger partial charge in [0, 0.05) is 11.6 Å². The molecule has 162 valence electrons. The van der Waals surface area contributed by atoms with Crippen LogP contribution in [0.15, 0.2) is 102 Å². The molecule has 0 heterocycles. The summed E-state index contributed by atoms with van der Waals surface area (Å²) in [6, 6.07) is 28.4. The number of para-hydroxylation sites is 1. The van der Waals surface area contributed by atoms with E-state index in [4.69, 9.17) is 11.6 Å². The summed E-state index contributed by atoms with van der Waals surface area (Å²) in [5.41, 5.74) is 1.34. The Bertz CT molecular complexity index is 1340. The van der Waals surface area contributed by atoms with Crippen molar-refractivity contribution in [3.8, 4) is 0 Å². The molecular formula is C25H21ClN2O3S. The van der Waals surface area contributed by atoms with Gasteiger partial charge in [0.05, 0.1) is 10.6 Å². The second kappa shape index (κ2) is 9.42. The van der Waals surface area contributed by atoms with E-state index in [0.717, 1.165) is 20.6 Å². The molecule has 0 fully saturated rings. The lowest BCUT2D eigenvalue weighted by molar-refractivity contribution is -0.119. The van der Waals surface area contributed by atoms with E-state index >= 15 is 0 Å². The van der Waals surface area contributed by atoms with Crippen molar-refractivity contribution in [3.63, 3.8) is 0 Å². The molecular weight excluding hydrogens is 444 g/mol. The Balaban J connectivity index is 1.54. The van der Waals surface area contributed by atoms with Crippen LogP contribution in [-0.4, -0.2) is 20.9 Å². The number of sulfonamides is 1. The first-order chi connectivity index (χ1) is 15.4. The number of halogens is 1. The Morgan fingerprint density at radius 1 is 0.812 bits per heavy atom. The minimum atomic E-state index is -3.96. The normalized spacial score (nSPS) is 11.3. The van der Waals surface area contributed by atoms with E-state index in [1.165, 1.54) is 24.3 Å². The van der Waals surface area contributed by atoms with Crippen molar-refractivity contribution in [1.82, 2.24) is 5.32 Å². The first-order valence-electron chi connectivity index (χ1n) is 10.0. The van der Waals surface area contributed by atoms with Crippen molar-refractivity contribution < 1.29 is 13.2 Å². The van der Waals surface area contributed by atoms with Crippen molar-refractivity contribution in [2.75, 3.05) is 10.8 Å². The molecule has 0 unspecified atom stereocenters. The minimum absolute atomic E-state index is 0.0630. The molecule has 1 N–H and O–H groups in total. The molecule has 0 saturated heterocycles. The molecule has 4 aromatic rings. The molecule has 0 aliphatic heterocycles. The van der Waals surface area contributed by atoms with Crippen LogP contribution in [-0.2, 0) is 21.4 Å². The molecule has 32 heavy (non-hydrogen) atoms. The van der Waals surface area contributed by atoms with Gasteiger partial charge in [0.25, 0.3) is 10.0 Å². The van der Waals surface area contributed by atoms with E-state index < -0.39 is 15.9 Å². The third-order valence-electron chi connectivity index (χ3n) is 5.04. The molecule has 0 radical (unpaired) electrons. The summed E-state index contributed by atoms with van der Waals surface area (Å²) in [7, 11) is -3.96. The Kier molecular flexibility index (Phi) is 6.44. The van der Waals surface area contributed by atoms with Crippen LogP contribution in [0.25, 0.3) is 10.8 Å². The molecule has 4 aromatic carbocycles. The highest BCUT2D eigenvalue weighted by Gasteiger charge is 2.27. The van der Waals surface area contributed by atoms with Crippen molar-refractivity contribution in [2.45, 2.75) is 11.4 Å². The molecule has 7 heteroatoms. The van der Waals surface area contributed by atoms with Crippen molar-refractivity contribution in [3.05, 3.63) is 108 Å². The summed E-state index contributed by atoms with van der Waals surface area (Å²) in [6.45, 7) is -0.0458. The number of hydrogen-bond acceptors (Lipinski definition) is 3. The van der Waals surface area contributed by atoms with Crippen LogP contribution in [0.5, 0.6) is 0 Å². The average molecular weight is 465 g/mol. The van der Waals surface area contributed by atoms with Gasteiger partial charge in [-0.1, -0.05) is 66.2 Å². The predicted octanol–water partition coefficient (Wildman–Crippen LogP) is 5.00. The van der Waals surface area contributed by atoms with Gasteiger partial charge in [-0.3, -0.25) is 9.10 Å². The molecule has 0 spiro atoms. The number of amides is 1. The standard InChI is InChI=1S/C25H21ClN2O3S/c26-22-12-14-24(15-13-22)32(30,31)28(23-8-2-1-3-9-23)18-25(29)27-17-19-10-11-20-6-4-5-7-21(20)16-19/h1-16H,17-18H2,(H,27,29). The fraction of sp³-hybridized carbons (Fsp3) is 0.0800. The zero-order valence-electron chi connectivity index (χ0n) is 17.1. The number of anilines is 1. The van der Waals surface area contributed by atoms with E-state index in [1.54, 1.807) is 30.3 Å². The van der Waals surface area contributed by atoms with Crippen LogP contribution >= 0.6 is 11.6 Å². The van der Waals surface area contributed by atoms with Crippen LogP contribution in [0.4, 0.5) is 5.69 Å². The third-order valence-corrected chi connectivity index (χ3v) is 7.08. The van der Waals surface area contributed by atoms with E-state index in [-0.39, 0.29) is 11.4 Å². The minimum Gasteiger partial charge on any atom is -0.350 e. The molecule has 0 saturated carbocycles. The third kappa shape index (κ3) is 4.93. The molecule has 0 aliphatic carbocycles. The summed E-state index contributed by atoms with van der Waals surface area (Å²) in [5.74, 6) is -0.403. The molecule has 0 aliphatic rings. The van der Waals surface area contributed by atoms with Crippen molar-refractivity contribution in [1.29, 1.82) is 0 Å². The summed E-state index contributed by atoms with van der Waals surface area (Å²) in [6.07, 6.45) is 0. The van der Waals surface area contributed by atoms with Crippen molar-refractivity contribution >= 4 is 44.0 Å². The molecule has 1 amide bonds. The molecule has 0 atom stereocenters. The largest absolute Gasteiger partial charge is 0.350 e. The number of nitrogens with one attached hydrogen (secondary N) is 1. The summed E-state index contributed by atoms with van der Waals surface area (Å²) < 4.78 is 27.7. The van der Waals surface area contributed by atoms with Gasteiger partial charge in [-0.15, -0.1) is 0 Å². The maximum Gasteiger partial charge on any atom is 0.264 e. The van der Waals surface area contributed by atoms with Crippen LogP contribution in [0.1, 0.15) is 5.56 Å². The molecule has 0 bridgehead atoms. The topological polar surface area (TPSA) is 66.5 Å². The van der Waals surface area contributed by atoms with E-state index in [2.05, 4.69) is 5.32 Å². The van der Waals surface area contributed by atoms with E-state index in [0.29, 0.717) is 17.3 Å². The highest BCUT2D eigenvalue weighted by atomic mass is 35.5. The lowest BCUT2D eigenvalue weighted by Gasteiger charge is -2.24. The lowest BCUT2D eigenvalue weighted by atomic mass is 10.1. The van der Waals surface area contributed by atoms with Gasteiger partial charge in [0.1, 0.15) is 6.54 Å². The van der Waals surface area contributed by atoms with Crippen LogP contribution in [0.3, 0.4) is 0 Å².